The molecule has 0 radical (unpaired) electrons. The van der Waals surface area contributed by atoms with E-state index in [4.69, 9.17) is 9.88 Å². The van der Waals surface area contributed by atoms with Crippen LogP contribution in [-0.4, -0.2) is 30.7 Å². The standard InChI is InChI=1S/C13H19BrN2O4S/c1-13(17)4-2-9(3-5-13)8-20-12-11(14)6-10(7-16-12)21(15,18)19/h6-7,9,17H,2-5,8H2,1H3,(H2,15,18,19)/t9-,13+. The molecule has 1 aromatic heterocycles. The average molecular weight is 379 g/mol. The summed E-state index contributed by atoms with van der Waals surface area (Å²) in [4.78, 5) is 3.92. The number of ether oxygens (including phenoxy) is 1. The molecule has 0 saturated heterocycles. The summed E-state index contributed by atoms with van der Waals surface area (Å²) >= 11 is 3.24. The number of hydrogen-bond acceptors (Lipinski definition) is 5. The molecule has 0 aliphatic heterocycles. The van der Waals surface area contributed by atoms with Crippen molar-refractivity contribution in [2.45, 2.75) is 43.1 Å². The van der Waals surface area contributed by atoms with Crippen molar-refractivity contribution in [3.8, 4) is 5.88 Å². The molecule has 118 valence electrons. The van der Waals surface area contributed by atoms with E-state index in [0.717, 1.165) is 25.7 Å². The fraction of sp³-hybridized carbons (Fsp3) is 0.615. The summed E-state index contributed by atoms with van der Waals surface area (Å²) in [5.74, 6) is 0.719. The van der Waals surface area contributed by atoms with E-state index in [0.29, 0.717) is 22.9 Å². The molecule has 2 rings (SSSR count). The van der Waals surface area contributed by atoms with Gasteiger partial charge in [-0.2, -0.15) is 0 Å². The van der Waals surface area contributed by atoms with Gasteiger partial charge in [-0.3, -0.25) is 0 Å². The molecule has 0 atom stereocenters. The molecule has 1 fully saturated rings. The number of sulfonamides is 1. The van der Waals surface area contributed by atoms with E-state index < -0.39 is 15.6 Å². The zero-order valence-electron chi connectivity index (χ0n) is 11.8. The molecule has 1 saturated carbocycles. The first kappa shape index (κ1) is 16.7. The van der Waals surface area contributed by atoms with Crippen molar-refractivity contribution >= 4 is 26.0 Å². The average Bonchev–Trinajstić information content (AvgIpc) is 2.37. The number of halogens is 1. The SMILES string of the molecule is C[C@]1(O)CC[C@@H](COc2ncc(S(N)(=O)=O)cc2Br)CC1. The normalized spacial score (nSPS) is 26.6. The Hall–Kier alpha value is -0.700. The first-order valence-electron chi connectivity index (χ1n) is 6.71. The maximum atomic E-state index is 11.2. The van der Waals surface area contributed by atoms with Crippen molar-refractivity contribution in [1.29, 1.82) is 0 Å². The van der Waals surface area contributed by atoms with Crippen LogP contribution in [-0.2, 0) is 10.0 Å². The molecule has 1 aromatic rings. The summed E-state index contributed by atoms with van der Waals surface area (Å²) in [6.07, 6.45) is 4.51. The summed E-state index contributed by atoms with van der Waals surface area (Å²) in [5.41, 5.74) is -0.563. The van der Waals surface area contributed by atoms with Crippen LogP contribution in [0.3, 0.4) is 0 Å². The quantitative estimate of drug-likeness (QED) is 0.831. The fourth-order valence-electron chi connectivity index (χ4n) is 2.33. The molecule has 6 nitrogen and oxygen atoms in total. The fourth-order valence-corrected chi connectivity index (χ4v) is 3.43. The van der Waals surface area contributed by atoms with E-state index in [1.807, 2.05) is 6.92 Å². The first-order chi connectivity index (χ1) is 9.67. The number of aliphatic hydroxyl groups is 1. The highest BCUT2D eigenvalue weighted by Crippen LogP contribution is 2.32. The Bertz CT molecular complexity index is 609. The predicted octanol–water partition coefficient (Wildman–Crippen LogP) is 1.81. The van der Waals surface area contributed by atoms with Crippen molar-refractivity contribution in [3.05, 3.63) is 16.7 Å². The van der Waals surface area contributed by atoms with E-state index in [1.54, 1.807) is 0 Å². The molecule has 0 spiro atoms. The van der Waals surface area contributed by atoms with E-state index in [2.05, 4.69) is 20.9 Å². The van der Waals surface area contributed by atoms with Crippen molar-refractivity contribution < 1.29 is 18.3 Å². The first-order valence-corrected chi connectivity index (χ1v) is 9.05. The summed E-state index contributed by atoms with van der Waals surface area (Å²) in [5, 5.41) is 14.9. The second kappa shape index (κ2) is 6.20. The molecule has 3 N–H and O–H groups in total. The molecule has 21 heavy (non-hydrogen) atoms. The molecular formula is C13H19BrN2O4S. The van der Waals surface area contributed by atoms with Gasteiger partial charge in [0.05, 0.1) is 22.9 Å². The van der Waals surface area contributed by atoms with Gasteiger partial charge in [0.2, 0.25) is 15.9 Å². The molecule has 0 unspecified atom stereocenters. The van der Waals surface area contributed by atoms with E-state index in [-0.39, 0.29) is 4.90 Å². The number of rotatable bonds is 4. The molecule has 1 heterocycles. The number of aromatic nitrogens is 1. The molecule has 0 amide bonds. The van der Waals surface area contributed by atoms with Crippen LogP contribution in [0.1, 0.15) is 32.6 Å². The van der Waals surface area contributed by atoms with E-state index in [9.17, 15) is 13.5 Å². The van der Waals surface area contributed by atoms with Gasteiger partial charge in [0, 0.05) is 0 Å². The maximum Gasteiger partial charge on any atom is 0.239 e. The third-order valence-electron chi connectivity index (χ3n) is 3.75. The van der Waals surface area contributed by atoms with Crippen LogP contribution in [0.4, 0.5) is 0 Å². The summed E-state index contributed by atoms with van der Waals surface area (Å²) in [6.45, 7) is 2.35. The van der Waals surface area contributed by atoms with Gasteiger partial charge in [0.25, 0.3) is 0 Å². The highest BCUT2D eigenvalue weighted by atomic mass is 79.9. The van der Waals surface area contributed by atoms with Crippen LogP contribution in [0.5, 0.6) is 5.88 Å². The largest absolute Gasteiger partial charge is 0.477 e. The van der Waals surface area contributed by atoms with Crippen molar-refractivity contribution in [1.82, 2.24) is 4.98 Å². The van der Waals surface area contributed by atoms with Crippen molar-refractivity contribution in [2.24, 2.45) is 11.1 Å². The third kappa shape index (κ3) is 4.64. The number of nitrogens with two attached hydrogens (primary N) is 1. The Morgan fingerprint density at radius 3 is 2.67 bits per heavy atom. The Kier molecular flexibility index (Phi) is 4.92. The van der Waals surface area contributed by atoms with Crippen LogP contribution >= 0.6 is 15.9 Å². The molecule has 0 aromatic carbocycles. The lowest BCUT2D eigenvalue weighted by molar-refractivity contribution is 0.00123. The van der Waals surface area contributed by atoms with Gasteiger partial charge >= 0.3 is 0 Å². The van der Waals surface area contributed by atoms with Gasteiger partial charge in [-0.1, -0.05) is 0 Å². The van der Waals surface area contributed by atoms with Gasteiger partial charge in [-0.05, 0) is 60.5 Å². The highest BCUT2D eigenvalue weighted by molar-refractivity contribution is 9.10. The lowest BCUT2D eigenvalue weighted by atomic mass is 9.80. The predicted molar refractivity (Wildman–Crippen MR) is 81.4 cm³/mol. The smallest absolute Gasteiger partial charge is 0.239 e. The van der Waals surface area contributed by atoms with Gasteiger partial charge < -0.3 is 9.84 Å². The summed E-state index contributed by atoms with van der Waals surface area (Å²) in [6, 6.07) is 1.38. The van der Waals surface area contributed by atoms with Crippen LogP contribution in [0.25, 0.3) is 0 Å². The van der Waals surface area contributed by atoms with Crippen LogP contribution in [0.15, 0.2) is 21.6 Å². The van der Waals surface area contributed by atoms with E-state index >= 15 is 0 Å². The summed E-state index contributed by atoms with van der Waals surface area (Å²) < 4.78 is 28.5. The number of hydrogen-bond donors (Lipinski definition) is 2. The van der Waals surface area contributed by atoms with Gasteiger partial charge in [-0.25, -0.2) is 18.5 Å². The monoisotopic (exact) mass is 378 g/mol. The highest BCUT2D eigenvalue weighted by Gasteiger charge is 2.29. The Balaban J connectivity index is 1.95. The maximum absolute atomic E-state index is 11.2. The minimum atomic E-state index is -3.77. The molecule has 1 aliphatic rings. The molecule has 0 bridgehead atoms. The molecule has 8 heteroatoms. The van der Waals surface area contributed by atoms with E-state index in [1.165, 1.54) is 12.3 Å². The number of nitrogens with zero attached hydrogens (tertiary/aromatic N) is 1. The number of pyridine rings is 1. The van der Waals surface area contributed by atoms with Crippen LogP contribution < -0.4 is 9.88 Å². The van der Waals surface area contributed by atoms with Gasteiger partial charge in [0.15, 0.2) is 0 Å². The Morgan fingerprint density at radius 2 is 2.14 bits per heavy atom. The summed E-state index contributed by atoms with van der Waals surface area (Å²) in [7, 11) is -3.77. The van der Waals surface area contributed by atoms with Crippen molar-refractivity contribution in [3.63, 3.8) is 0 Å². The lowest BCUT2D eigenvalue weighted by Crippen LogP contribution is -2.32. The minimum absolute atomic E-state index is 0.0598. The Morgan fingerprint density at radius 1 is 1.52 bits per heavy atom. The third-order valence-corrected chi connectivity index (χ3v) is 5.20. The minimum Gasteiger partial charge on any atom is -0.477 e. The Labute approximate surface area is 132 Å². The second-order valence-electron chi connectivity index (χ2n) is 5.75. The topological polar surface area (TPSA) is 103 Å². The van der Waals surface area contributed by atoms with Crippen molar-refractivity contribution in [2.75, 3.05) is 6.61 Å². The molecular weight excluding hydrogens is 360 g/mol. The lowest BCUT2D eigenvalue weighted by Gasteiger charge is -2.32. The molecule has 1 aliphatic carbocycles. The second-order valence-corrected chi connectivity index (χ2v) is 8.17. The zero-order chi connectivity index (χ0) is 15.7. The zero-order valence-corrected chi connectivity index (χ0v) is 14.2. The van der Waals surface area contributed by atoms with Crippen LogP contribution in [0.2, 0.25) is 0 Å². The van der Waals surface area contributed by atoms with Gasteiger partial charge in [0.1, 0.15) is 4.90 Å². The van der Waals surface area contributed by atoms with Gasteiger partial charge in [-0.15, -0.1) is 0 Å². The van der Waals surface area contributed by atoms with Crippen LogP contribution in [0, 0.1) is 5.92 Å². The number of primary sulfonamides is 1.